The number of rotatable bonds is 5. The minimum absolute atomic E-state index is 0.510. The van der Waals surface area contributed by atoms with E-state index in [0.29, 0.717) is 12.6 Å². The zero-order valence-corrected chi connectivity index (χ0v) is 9.90. The molecule has 0 saturated heterocycles. The fourth-order valence-electron chi connectivity index (χ4n) is 1.68. The second-order valence-electron chi connectivity index (χ2n) is 3.76. The molecule has 1 aromatic heterocycles. The van der Waals surface area contributed by atoms with Gasteiger partial charge in [-0.3, -0.25) is 4.98 Å². The molecule has 84 valence electrons. The van der Waals surface area contributed by atoms with E-state index in [4.69, 9.17) is 5.73 Å². The van der Waals surface area contributed by atoms with Gasteiger partial charge in [0.05, 0.1) is 17.6 Å². The van der Waals surface area contributed by atoms with Gasteiger partial charge in [-0.1, -0.05) is 6.92 Å². The maximum Gasteiger partial charge on any atom is 0.0555 e. The quantitative estimate of drug-likeness (QED) is 0.804. The topological polar surface area (TPSA) is 42.1 Å². The van der Waals surface area contributed by atoms with Crippen LogP contribution >= 0.6 is 0 Å². The van der Waals surface area contributed by atoms with Crippen molar-refractivity contribution in [3.8, 4) is 0 Å². The van der Waals surface area contributed by atoms with Gasteiger partial charge in [0.15, 0.2) is 0 Å². The third-order valence-electron chi connectivity index (χ3n) is 2.81. The summed E-state index contributed by atoms with van der Waals surface area (Å²) >= 11 is 0. The standard InChI is InChI=1S/C12H21N3/c1-4-10(3)15(5-2)12-7-6-11(8-13)14-9-12/h6-7,9-10H,4-5,8,13H2,1-3H3. The van der Waals surface area contributed by atoms with Gasteiger partial charge in [-0.05, 0) is 32.4 Å². The van der Waals surface area contributed by atoms with Crippen molar-refractivity contribution in [3.63, 3.8) is 0 Å². The van der Waals surface area contributed by atoms with Crippen molar-refractivity contribution < 1.29 is 0 Å². The van der Waals surface area contributed by atoms with Gasteiger partial charge in [-0.25, -0.2) is 0 Å². The number of hydrogen-bond acceptors (Lipinski definition) is 3. The molecule has 3 nitrogen and oxygen atoms in total. The average molecular weight is 207 g/mol. The Labute approximate surface area is 92.3 Å². The average Bonchev–Trinajstić information content (AvgIpc) is 2.30. The predicted molar refractivity (Wildman–Crippen MR) is 64.9 cm³/mol. The van der Waals surface area contributed by atoms with Crippen LogP contribution in [0.4, 0.5) is 5.69 Å². The lowest BCUT2D eigenvalue weighted by atomic mass is 10.2. The summed E-state index contributed by atoms with van der Waals surface area (Å²) in [4.78, 5) is 6.67. The highest BCUT2D eigenvalue weighted by Crippen LogP contribution is 2.17. The van der Waals surface area contributed by atoms with Crippen molar-refractivity contribution in [3.05, 3.63) is 24.0 Å². The van der Waals surface area contributed by atoms with Crippen molar-refractivity contribution in [2.45, 2.75) is 39.8 Å². The van der Waals surface area contributed by atoms with Gasteiger partial charge in [0, 0.05) is 19.1 Å². The summed E-state index contributed by atoms with van der Waals surface area (Å²) in [5.74, 6) is 0. The molecule has 0 spiro atoms. The first-order chi connectivity index (χ1) is 7.22. The SMILES string of the molecule is CCC(C)N(CC)c1ccc(CN)nc1. The number of hydrogen-bond donors (Lipinski definition) is 1. The Balaban J connectivity index is 2.83. The molecule has 1 rings (SSSR count). The van der Waals surface area contributed by atoms with Crippen LogP contribution in [-0.2, 0) is 6.54 Å². The highest BCUT2D eigenvalue weighted by Gasteiger charge is 2.10. The van der Waals surface area contributed by atoms with E-state index < -0.39 is 0 Å². The third kappa shape index (κ3) is 2.93. The van der Waals surface area contributed by atoms with Crippen LogP contribution in [0.25, 0.3) is 0 Å². The van der Waals surface area contributed by atoms with Crippen molar-refractivity contribution in [1.82, 2.24) is 4.98 Å². The Morgan fingerprint density at radius 3 is 2.53 bits per heavy atom. The summed E-state index contributed by atoms with van der Waals surface area (Å²) in [6.07, 6.45) is 3.06. The molecular formula is C12H21N3. The maximum atomic E-state index is 5.52. The fraction of sp³-hybridized carbons (Fsp3) is 0.583. The third-order valence-corrected chi connectivity index (χ3v) is 2.81. The lowest BCUT2D eigenvalue weighted by Crippen LogP contribution is -2.32. The molecule has 0 aliphatic carbocycles. The molecule has 0 aliphatic heterocycles. The molecule has 0 aliphatic rings. The summed E-state index contributed by atoms with van der Waals surface area (Å²) in [6, 6.07) is 4.66. The molecular weight excluding hydrogens is 186 g/mol. The van der Waals surface area contributed by atoms with Crippen molar-refractivity contribution in [1.29, 1.82) is 0 Å². The number of anilines is 1. The van der Waals surface area contributed by atoms with Gasteiger partial charge in [0.25, 0.3) is 0 Å². The largest absolute Gasteiger partial charge is 0.368 e. The van der Waals surface area contributed by atoms with Crippen LogP contribution in [0.2, 0.25) is 0 Å². The molecule has 2 N–H and O–H groups in total. The smallest absolute Gasteiger partial charge is 0.0555 e. The Hall–Kier alpha value is -1.09. The minimum atomic E-state index is 0.510. The van der Waals surface area contributed by atoms with Gasteiger partial charge in [0.1, 0.15) is 0 Å². The van der Waals surface area contributed by atoms with E-state index in [1.54, 1.807) is 0 Å². The van der Waals surface area contributed by atoms with E-state index in [2.05, 4.69) is 36.7 Å². The lowest BCUT2D eigenvalue weighted by Gasteiger charge is -2.29. The van der Waals surface area contributed by atoms with Crippen molar-refractivity contribution >= 4 is 5.69 Å². The summed E-state index contributed by atoms with van der Waals surface area (Å²) in [7, 11) is 0. The van der Waals surface area contributed by atoms with E-state index in [1.165, 1.54) is 5.69 Å². The van der Waals surface area contributed by atoms with E-state index in [1.807, 2.05) is 12.3 Å². The molecule has 3 heteroatoms. The molecule has 15 heavy (non-hydrogen) atoms. The van der Waals surface area contributed by atoms with E-state index in [9.17, 15) is 0 Å². The fourth-order valence-corrected chi connectivity index (χ4v) is 1.68. The highest BCUT2D eigenvalue weighted by atomic mass is 15.2. The molecule has 1 atom stereocenters. The lowest BCUT2D eigenvalue weighted by molar-refractivity contribution is 0.629. The maximum absolute atomic E-state index is 5.52. The molecule has 0 radical (unpaired) electrons. The van der Waals surface area contributed by atoms with Crippen LogP contribution in [0.3, 0.4) is 0 Å². The first-order valence-electron chi connectivity index (χ1n) is 5.64. The van der Waals surface area contributed by atoms with Gasteiger partial charge in [0.2, 0.25) is 0 Å². The number of nitrogens with zero attached hydrogens (tertiary/aromatic N) is 2. The van der Waals surface area contributed by atoms with Gasteiger partial charge < -0.3 is 10.6 Å². The van der Waals surface area contributed by atoms with Gasteiger partial charge in [-0.2, -0.15) is 0 Å². The van der Waals surface area contributed by atoms with E-state index in [-0.39, 0.29) is 0 Å². The van der Waals surface area contributed by atoms with Crippen LogP contribution in [0.5, 0.6) is 0 Å². The van der Waals surface area contributed by atoms with Crippen molar-refractivity contribution in [2.24, 2.45) is 5.73 Å². The number of aromatic nitrogens is 1. The Morgan fingerprint density at radius 2 is 2.13 bits per heavy atom. The normalized spacial score (nSPS) is 12.5. The molecule has 0 amide bonds. The van der Waals surface area contributed by atoms with Crippen molar-refractivity contribution in [2.75, 3.05) is 11.4 Å². The number of nitrogens with two attached hydrogens (primary N) is 1. The highest BCUT2D eigenvalue weighted by molar-refractivity contribution is 5.45. The summed E-state index contributed by atoms with van der Waals surface area (Å²) in [5, 5.41) is 0. The molecule has 1 aromatic rings. The molecule has 1 heterocycles. The van der Waals surface area contributed by atoms with Gasteiger partial charge >= 0.3 is 0 Å². The molecule has 0 aromatic carbocycles. The van der Waals surface area contributed by atoms with Gasteiger partial charge in [-0.15, -0.1) is 0 Å². The van der Waals surface area contributed by atoms with Crippen LogP contribution < -0.4 is 10.6 Å². The first-order valence-corrected chi connectivity index (χ1v) is 5.64. The summed E-state index contributed by atoms with van der Waals surface area (Å²) < 4.78 is 0. The summed E-state index contributed by atoms with van der Waals surface area (Å²) in [5.41, 5.74) is 7.65. The Kier molecular flexibility index (Phi) is 4.56. The summed E-state index contributed by atoms with van der Waals surface area (Å²) in [6.45, 7) is 8.13. The zero-order valence-electron chi connectivity index (χ0n) is 9.90. The Morgan fingerprint density at radius 1 is 1.40 bits per heavy atom. The predicted octanol–water partition coefficient (Wildman–Crippen LogP) is 2.17. The first kappa shape index (κ1) is 12.0. The van der Waals surface area contributed by atoms with Crippen LogP contribution in [-0.4, -0.2) is 17.6 Å². The zero-order chi connectivity index (χ0) is 11.3. The van der Waals surface area contributed by atoms with E-state index in [0.717, 1.165) is 18.7 Å². The molecule has 0 bridgehead atoms. The number of pyridine rings is 1. The second-order valence-corrected chi connectivity index (χ2v) is 3.76. The Bertz CT molecular complexity index is 281. The monoisotopic (exact) mass is 207 g/mol. The van der Waals surface area contributed by atoms with E-state index >= 15 is 0 Å². The van der Waals surface area contributed by atoms with Crippen LogP contribution in [0, 0.1) is 0 Å². The van der Waals surface area contributed by atoms with Crippen LogP contribution in [0.15, 0.2) is 18.3 Å². The second kappa shape index (κ2) is 5.71. The minimum Gasteiger partial charge on any atom is -0.368 e. The molecule has 1 unspecified atom stereocenters. The van der Waals surface area contributed by atoms with Crippen LogP contribution in [0.1, 0.15) is 32.9 Å². The molecule has 0 saturated carbocycles. The molecule has 0 fully saturated rings.